The third-order valence-corrected chi connectivity index (χ3v) is 4.46. The van der Waals surface area contributed by atoms with Crippen LogP contribution in [0.25, 0.3) is 11.0 Å². The van der Waals surface area contributed by atoms with E-state index in [4.69, 9.17) is 5.73 Å². The van der Waals surface area contributed by atoms with Crippen molar-refractivity contribution in [1.82, 2.24) is 19.9 Å². The van der Waals surface area contributed by atoms with Crippen LogP contribution in [0.2, 0.25) is 0 Å². The van der Waals surface area contributed by atoms with E-state index in [-0.39, 0.29) is 18.1 Å². The van der Waals surface area contributed by atoms with E-state index in [0.717, 1.165) is 6.42 Å². The van der Waals surface area contributed by atoms with Crippen LogP contribution < -0.4 is 11.1 Å². The topological polar surface area (TPSA) is 106 Å². The Morgan fingerprint density at radius 3 is 2.77 bits per heavy atom. The van der Waals surface area contributed by atoms with E-state index in [9.17, 15) is 9.90 Å². The fourth-order valence-corrected chi connectivity index (χ4v) is 3.43. The number of fused-ring (bicyclic) bond motifs is 1. The van der Waals surface area contributed by atoms with Crippen LogP contribution >= 0.6 is 0 Å². The quantitative estimate of drug-likeness (QED) is 0.768. The molecule has 2 heterocycles. The van der Waals surface area contributed by atoms with Crippen molar-refractivity contribution in [3.63, 3.8) is 0 Å². The maximum atomic E-state index is 12.2. The molecule has 118 valence electrons. The molecule has 4 N–H and O–H groups in total. The second-order valence-electron chi connectivity index (χ2n) is 6.05. The summed E-state index contributed by atoms with van der Waals surface area (Å²) < 4.78 is 1.98. The van der Waals surface area contributed by atoms with Gasteiger partial charge in [-0.05, 0) is 25.7 Å². The van der Waals surface area contributed by atoms with Gasteiger partial charge in [0.25, 0.3) is 5.91 Å². The number of amides is 1. The molecule has 1 aliphatic rings. The number of rotatable bonds is 2. The highest BCUT2D eigenvalue weighted by atomic mass is 16.3. The van der Waals surface area contributed by atoms with E-state index >= 15 is 0 Å². The number of aryl methyl sites for hydroxylation is 1. The zero-order valence-electron chi connectivity index (χ0n) is 13.0. The lowest BCUT2D eigenvalue weighted by Gasteiger charge is -2.18. The van der Waals surface area contributed by atoms with Crippen LogP contribution in [0.5, 0.6) is 0 Å². The Morgan fingerprint density at radius 1 is 1.45 bits per heavy atom. The summed E-state index contributed by atoms with van der Waals surface area (Å²) in [5, 5.41) is 13.1. The van der Waals surface area contributed by atoms with Crippen molar-refractivity contribution < 1.29 is 9.90 Å². The van der Waals surface area contributed by atoms with Gasteiger partial charge in [-0.25, -0.2) is 9.97 Å². The van der Waals surface area contributed by atoms with Gasteiger partial charge in [0.2, 0.25) is 0 Å². The Kier molecular flexibility index (Phi) is 3.52. The summed E-state index contributed by atoms with van der Waals surface area (Å²) in [5.74, 6) is 0.971. The highest BCUT2D eigenvalue weighted by molar-refractivity contribution is 6.09. The Hall–Kier alpha value is -2.15. The molecule has 0 saturated heterocycles. The van der Waals surface area contributed by atoms with E-state index in [0.29, 0.717) is 40.6 Å². The third-order valence-electron chi connectivity index (χ3n) is 4.46. The molecular formula is C15H21N5O2. The minimum atomic E-state index is -0.318. The number of carbonyl (C=O) groups is 1. The van der Waals surface area contributed by atoms with Gasteiger partial charge in [0, 0.05) is 19.3 Å². The van der Waals surface area contributed by atoms with Crippen LogP contribution in [0, 0.1) is 12.8 Å². The summed E-state index contributed by atoms with van der Waals surface area (Å²) in [6, 6.07) is 0.101. The average Bonchev–Trinajstić information content (AvgIpc) is 2.98. The van der Waals surface area contributed by atoms with Crippen LogP contribution in [0.1, 0.15) is 42.0 Å². The van der Waals surface area contributed by atoms with Crippen molar-refractivity contribution in [2.24, 2.45) is 5.92 Å². The second-order valence-corrected chi connectivity index (χ2v) is 6.05. The van der Waals surface area contributed by atoms with E-state index in [1.807, 2.05) is 4.57 Å². The molecule has 1 aliphatic carbocycles. The molecule has 1 amide bonds. The average molecular weight is 303 g/mol. The first-order chi connectivity index (χ1) is 10.4. The van der Waals surface area contributed by atoms with Gasteiger partial charge in [-0.2, -0.15) is 0 Å². The number of nitrogens with zero attached hydrogens (tertiary/aromatic N) is 3. The van der Waals surface area contributed by atoms with Crippen LogP contribution in [0.3, 0.4) is 0 Å². The van der Waals surface area contributed by atoms with Crippen molar-refractivity contribution in [2.75, 3.05) is 12.8 Å². The lowest BCUT2D eigenvalue weighted by atomic mass is 10.1. The van der Waals surface area contributed by atoms with Crippen molar-refractivity contribution >= 4 is 22.8 Å². The second kappa shape index (κ2) is 5.24. The largest absolute Gasteiger partial charge is 0.393 e. The molecule has 0 unspecified atom stereocenters. The molecule has 0 aliphatic heterocycles. The number of hydrogen-bond acceptors (Lipinski definition) is 5. The van der Waals surface area contributed by atoms with Gasteiger partial charge in [0.1, 0.15) is 17.3 Å². The molecule has 0 aromatic carbocycles. The summed E-state index contributed by atoms with van der Waals surface area (Å²) in [6.07, 6.45) is 2.87. The predicted octanol–water partition coefficient (Wildman–Crippen LogP) is 1.01. The Bertz CT molecular complexity index is 739. The molecule has 1 saturated carbocycles. The summed E-state index contributed by atoms with van der Waals surface area (Å²) in [7, 11) is 1.58. The smallest absolute Gasteiger partial charge is 0.253 e. The molecule has 2 aromatic rings. The van der Waals surface area contributed by atoms with Gasteiger partial charge in [0.05, 0.1) is 17.1 Å². The molecule has 7 heteroatoms. The molecule has 0 radical (unpaired) electrons. The lowest BCUT2D eigenvalue weighted by molar-refractivity contribution is 0.0964. The van der Waals surface area contributed by atoms with Gasteiger partial charge in [-0.3, -0.25) is 4.79 Å². The number of nitrogens with one attached hydrogen (secondary N) is 1. The van der Waals surface area contributed by atoms with Crippen molar-refractivity contribution in [3.05, 3.63) is 17.6 Å². The van der Waals surface area contributed by atoms with Crippen molar-refractivity contribution in [2.45, 2.75) is 38.8 Å². The summed E-state index contributed by atoms with van der Waals surface area (Å²) >= 11 is 0. The summed E-state index contributed by atoms with van der Waals surface area (Å²) in [4.78, 5) is 20.8. The van der Waals surface area contributed by atoms with Gasteiger partial charge in [-0.1, -0.05) is 6.92 Å². The van der Waals surface area contributed by atoms with E-state index in [1.54, 1.807) is 20.2 Å². The molecule has 1 fully saturated rings. The highest BCUT2D eigenvalue weighted by Gasteiger charge is 2.33. The standard InChI is InChI=1S/C15H21N5O2/c1-7-4-9(21)5-11(7)20-6-10(15(22)17-3)12-13(16)18-8(2)19-14(12)20/h6-7,9,11,21H,4-5H2,1-3H3,(H,17,22)(H2,16,18,19)/t7-,9-,11-/m1/s1. The van der Waals surface area contributed by atoms with Crippen molar-refractivity contribution in [1.29, 1.82) is 0 Å². The molecule has 7 nitrogen and oxygen atoms in total. The van der Waals surface area contributed by atoms with Gasteiger partial charge >= 0.3 is 0 Å². The first kappa shape index (κ1) is 14.8. The first-order valence-electron chi connectivity index (χ1n) is 7.47. The molecule has 2 aromatic heterocycles. The number of carbonyl (C=O) groups excluding carboxylic acids is 1. The highest BCUT2D eigenvalue weighted by Crippen LogP contribution is 2.39. The number of aromatic nitrogens is 3. The number of nitrogens with two attached hydrogens (primary N) is 1. The Balaban J connectivity index is 2.24. The number of aliphatic hydroxyl groups excluding tert-OH is 1. The van der Waals surface area contributed by atoms with Gasteiger partial charge in [-0.15, -0.1) is 0 Å². The first-order valence-corrected chi connectivity index (χ1v) is 7.47. The Labute approximate surface area is 128 Å². The maximum absolute atomic E-state index is 12.2. The number of hydrogen-bond donors (Lipinski definition) is 3. The van der Waals surface area contributed by atoms with E-state index < -0.39 is 0 Å². The summed E-state index contributed by atoms with van der Waals surface area (Å²) in [6.45, 7) is 3.88. The molecule has 3 atom stereocenters. The monoisotopic (exact) mass is 303 g/mol. The minimum absolute atomic E-state index is 0.101. The number of nitrogen functional groups attached to an aromatic ring is 1. The Morgan fingerprint density at radius 2 is 2.18 bits per heavy atom. The maximum Gasteiger partial charge on any atom is 0.253 e. The SMILES string of the molecule is CNC(=O)c1cn([C@@H]2C[C@H](O)C[C@H]2C)c2nc(C)nc(N)c12. The predicted molar refractivity (Wildman–Crippen MR) is 83.5 cm³/mol. The zero-order valence-corrected chi connectivity index (χ0v) is 13.0. The summed E-state index contributed by atoms with van der Waals surface area (Å²) in [5.41, 5.74) is 7.17. The van der Waals surface area contributed by atoms with Crippen LogP contribution in [-0.4, -0.2) is 38.7 Å². The van der Waals surface area contributed by atoms with E-state index in [2.05, 4.69) is 22.2 Å². The zero-order chi connectivity index (χ0) is 16.0. The molecule has 3 rings (SSSR count). The van der Waals surface area contributed by atoms with Crippen LogP contribution in [0.4, 0.5) is 5.82 Å². The van der Waals surface area contributed by atoms with Gasteiger partial charge in [0.15, 0.2) is 0 Å². The fourth-order valence-electron chi connectivity index (χ4n) is 3.43. The number of anilines is 1. The molecular weight excluding hydrogens is 282 g/mol. The third kappa shape index (κ3) is 2.21. The van der Waals surface area contributed by atoms with Crippen LogP contribution in [0.15, 0.2) is 6.20 Å². The molecule has 0 spiro atoms. The minimum Gasteiger partial charge on any atom is -0.393 e. The van der Waals surface area contributed by atoms with Crippen LogP contribution in [-0.2, 0) is 0 Å². The fraction of sp³-hybridized carbons (Fsp3) is 0.533. The van der Waals surface area contributed by atoms with Crippen molar-refractivity contribution in [3.8, 4) is 0 Å². The molecule has 0 bridgehead atoms. The lowest BCUT2D eigenvalue weighted by Crippen LogP contribution is -2.18. The molecule has 22 heavy (non-hydrogen) atoms. The van der Waals surface area contributed by atoms with Gasteiger partial charge < -0.3 is 20.7 Å². The number of aliphatic hydroxyl groups is 1. The normalized spacial score (nSPS) is 24.8. The van der Waals surface area contributed by atoms with E-state index in [1.165, 1.54) is 0 Å².